The summed E-state index contributed by atoms with van der Waals surface area (Å²) < 4.78 is 5.05. The van der Waals surface area contributed by atoms with E-state index in [9.17, 15) is 0 Å². The van der Waals surface area contributed by atoms with Gasteiger partial charge in [-0.2, -0.15) is 10.3 Å². The molecule has 0 atom stereocenters. The molecule has 12 heavy (non-hydrogen) atoms. The number of H-pyrrole nitrogens is 1. The maximum absolute atomic E-state index is 8.39. The van der Waals surface area contributed by atoms with E-state index in [-0.39, 0.29) is 6.61 Å². The second-order valence-electron chi connectivity index (χ2n) is 1.99. The fourth-order valence-electron chi connectivity index (χ4n) is 0.632. The van der Waals surface area contributed by atoms with Crippen molar-refractivity contribution in [1.82, 2.24) is 15.4 Å². The molecule has 68 valence electrons. The normalized spacial score (nSPS) is 10.4. The third kappa shape index (κ3) is 3.70. The van der Waals surface area contributed by atoms with Crippen LogP contribution in [0.25, 0.3) is 0 Å². The molecule has 0 aliphatic carbocycles. The van der Waals surface area contributed by atoms with Crippen LogP contribution in [0.4, 0.5) is 0 Å². The van der Waals surface area contributed by atoms with Gasteiger partial charge in [-0.15, -0.1) is 16.9 Å². The molecule has 1 aromatic heterocycles. The highest BCUT2D eigenvalue weighted by molar-refractivity contribution is 7.99. The van der Waals surface area contributed by atoms with E-state index in [4.69, 9.17) is 9.84 Å². The van der Waals surface area contributed by atoms with Gasteiger partial charge in [0.15, 0.2) is 0 Å². The first-order chi connectivity index (χ1) is 5.93. The zero-order valence-corrected chi connectivity index (χ0v) is 7.38. The molecule has 0 fully saturated rings. The molecule has 0 radical (unpaired) electrons. The molecule has 0 spiro atoms. The predicted molar refractivity (Wildman–Crippen MR) is 45.0 cm³/mol. The summed E-state index contributed by atoms with van der Waals surface area (Å²) >= 11 is 1.57. The monoisotopic (exact) mass is 189 g/mol. The number of aliphatic hydroxyl groups excluding tert-OH is 1. The van der Waals surface area contributed by atoms with Gasteiger partial charge in [-0.25, -0.2) is 0 Å². The first kappa shape index (κ1) is 9.50. The smallest absolute Gasteiger partial charge is 0.138 e. The highest BCUT2D eigenvalue weighted by Crippen LogP contribution is 2.11. The maximum atomic E-state index is 8.39. The average molecular weight is 189 g/mol. The van der Waals surface area contributed by atoms with Gasteiger partial charge in [-0.3, -0.25) is 0 Å². The fraction of sp³-hybridized carbons (Fsp3) is 0.667. The second kappa shape index (κ2) is 5.99. The van der Waals surface area contributed by atoms with Crippen molar-refractivity contribution in [2.75, 3.05) is 25.6 Å². The number of ether oxygens (including phenoxy) is 1. The molecule has 6 heteroatoms. The van der Waals surface area contributed by atoms with Crippen LogP contribution in [0.5, 0.6) is 0 Å². The van der Waals surface area contributed by atoms with E-state index in [2.05, 4.69) is 15.4 Å². The Hall–Kier alpha value is -0.590. The Bertz CT molecular complexity index is 193. The van der Waals surface area contributed by atoms with Crippen LogP contribution < -0.4 is 0 Å². The highest BCUT2D eigenvalue weighted by atomic mass is 32.2. The van der Waals surface area contributed by atoms with Crippen LogP contribution in [0, 0.1) is 0 Å². The number of nitrogens with one attached hydrogen (secondary N) is 1. The Morgan fingerprint density at radius 2 is 2.50 bits per heavy atom. The molecule has 2 N–H and O–H groups in total. The molecule has 0 bridgehead atoms. The minimum absolute atomic E-state index is 0.0780. The predicted octanol–water partition coefficient (Wildman–Crippen LogP) is -0.0943. The average Bonchev–Trinajstić information content (AvgIpc) is 2.57. The van der Waals surface area contributed by atoms with Crippen molar-refractivity contribution in [3.8, 4) is 0 Å². The zero-order valence-electron chi connectivity index (χ0n) is 6.56. The first-order valence-electron chi connectivity index (χ1n) is 3.60. The lowest BCUT2D eigenvalue weighted by atomic mass is 10.7. The third-order valence-corrected chi connectivity index (χ3v) is 1.97. The lowest BCUT2D eigenvalue weighted by Gasteiger charge is -1.98. The number of aliphatic hydroxyl groups is 1. The molecule has 0 aromatic carbocycles. The molecule has 5 nitrogen and oxygen atoms in total. The molecular weight excluding hydrogens is 178 g/mol. The number of rotatable bonds is 6. The van der Waals surface area contributed by atoms with E-state index in [0.29, 0.717) is 13.2 Å². The van der Waals surface area contributed by atoms with Crippen LogP contribution in [-0.4, -0.2) is 46.1 Å². The SMILES string of the molecule is OCCOCCSc1cn[nH]n1. The van der Waals surface area contributed by atoms with Crippen molar-refractivity contribution in [2.45, 2.75) is 5.03 Å². The van der Waals surface area contributed by atoms with Gasteiger partial charge in [0.2, 0.25) is 0 Å². The Balaban J connectivity index is 1.96. The number of aromatic nitrogens is 3. The van der Waals surface area contributed by atoms with Gasteiger partial charge in [-0.05, 0) is 0 Å². The van der Waals surface area contributed by atoms with E-state index in [1.807, 2.05) is 0 Å². The molecule has 0 unspecified atom stereocenters. The standard InChI is InChI=1S/C6H11N3O2S/c10-1-2-11-3-4-12-6-5-7-9-8-6/h5,10H,1-4H2,(H,7,8,9). The summed E-state index contributed by atoms with van der Waals surface area (Å²) in [4.78, 5) is 0. The van der Waals surface area contributed by atoms with Crippen LogP contribution >= 0.6 is 11.8 Å². The summed E-state index contributed by atoms with van der Waals surface area (Å²) in [6.07, 6.45) is 1.66. The molecule has 1 aromatic rings. The summed E-state index contributed by atoms with van der Waals surface area (Å²) in [5, 5.41) is 19.3. The van der Waals surface area contributed by atoms with Crippen LogP contribution in [0.2, 0.25) is 0 Å². The highest BCUT2D eigenvalue weighted by Gasteiger charge is 1.95. The molecule has 0 aliphatic rings. The van der Waals surface area contributed by atoms with Crippen molar-refractivity contribution in [3.05, 3.63) is 6.20 Å². The van der Waals surface area contributed by atoms with Gasteiger partial charge in [0.05, 0.1) is 26.0 Å². The Kier molecular flexibility index (Phi) is 4.74. The van der Waals surface area contributed by atoms with Crippen LogP contribution in [-0.2, 0) is 4.74 Å². The van der Waals surface area contributed by atoms with Gasteiger partial charge in [0, 0.05) is 5.75 Å². The quantitative estimate of drug-likeness (QED) is 0.483. The fourth-order valence-corrected chi connectivity index (χ4v) is 1.28. The minimum atomic E-state index is 0.0780. The van der Waals surface area contributed by atoms with E-state index < -0.39 is 0 Å². The number of nitrogens with zero attached hydrogens (tertiary/aromatic N) is 2. The van der Waals surface area contributed by atoms with Crippen molar-refractivity contribution >= 4 is 11.8 Å². The Morgan fingerprint density at radius 1 is 1.58 bits per heavy atom. The van der Waals surface area contributed by atoms with Gasteiger partial charge in [0.25, 0.3) is 0 Å². The summed E-state index contributed by atoms with van der Waals surface area (Å²) in [6, 6.07) is 0. The number of thioether (sulfide) groups is 1. The molecular formula is C6H11N3O2S. The van der Waals surface area contributed by atoms with Crippen LogP contribution in [0.15, 0.2) is 11.2 Å². The lowest BCUT2D eigenvalue weighted by molar-refractivity contribution is 0.103. The molecule has 0 amide bonds. The molecule has 0 aliphatic heterocycles. The maximum Gasteiger partial charge on any atom is 0.138 e. The van der Waals surface area contributed by atoms with Crippen molar-refractivity contribution in [3.63, 3.8) is 0 Å². The van der Waals surface area contributed by atoms with Crippen molar-refractivity contribution in [2.24, 2.45) is 0 Å². The van der Waals surface area contributed by atoms with Gasteiger partial charge in [0.1, 0.15) is 5.03 Å². The zero-order chi connectivity index (χ0) is 8.65. The topological polar surface area (TPSA) is 71.0 Å². The lowest BCUT2D eigenvalue weighted by Crippen LogP contribution is -2.02. The largest absolute Gasteiger partial charge is 0.394 e. The van der Waals surface area contributed by atoms with Gasteiger partial charge >= 0.3 is 0 Å². The first-order valence-corrected chi connectivity index (χ1v) is 4.59. The molecule has 1 rings (SSSR count). The Labute approximate surface area is 74.5 Å². The number of hydrogen-bond acceptors (Lipinski definition) is 5. The van der Waals surface area contributed by atoms with E-state index >= 15 is 0 Å². The summed E-state index contributed by atoms with van der Waals surface area (Å²) in [6.45, 7) is 1.10. The van der Waals surface area contributed by atoms with E-state index in [1.54, 1.807) is 18.0 Å². The van der Waals surface area contributed by atoms with Crippen molar-refractivity contribution in [1.29, 1.82) is 0 Å². The van der Waals surface area contributed by atoms with Crippen LogP contribution in [0.3, 0.4) is 0 Å². The van der Waals surface area contributed by atoms with Crippen molar-refractivity contribution < 1.29 is 9.84 Å². The number of hydrogen-bond donors (Lipinski definition) is 2. The molecule has 0 saturated carbocycles. The molecule has 0 saturated heterocycles. The van der Waals surface area contributed by atoms with E-state index in [0.717, 1.165) is 10.8 Å². The third-order valence-electron chi connectivity index (χ3n) is 1.11. The summed E-state index contributed by atoms with van der Waals surface area (Å²) in [5.74, 6) is 0.826. The minimum Gasteiger partial charge on any atom is -0.394 e. The van der Waals surface area contributed by atoms with Gasteiger partial charge < -0.3 is 9.84 Å². The van der Waals surface area contributed by atoms with Crippen LogP contribution in [0.1, 0.15) is 0 Å². The number of aromatic amines is 1. The summed E-state index contributed by atoms with van der Waals surface area (Å²) in [7, 11) is 0. The summed E-state index contributed by atoms with van der Waals surface area (Å²) in [5.41, 5.74) is 0. The van der Waals surface area contributed by atoms with Gasteiger partial charge in [-0.1, -0.05) is 0 Å². The second-order valence-corrected chi connectivity index (χ2v) is 3.11. The molecule has 1 heterocycles. The van der Waals surface area contributed by atoms with E-state index in [1.165, 1.54) is 0 Å². The Morgan fingerprint density at radius 3 is 3.17 bits per heavy atom.